The van der Waals surface area contributed by atoms with E-state index in [1.165, 1.54) is 6.07 Å². The smallest absolute Gasteiger partial charge is 0.238 e. The molecule has 21 heavy (non-hydrogen) atoms. The zero-order valence-corrected chi connectivity index (χ0v) is 12.7. The number of hydrogen-bond acceptors (Lipinski definition) is 4. The van der Waals surface area contributed by atoms with Gasteiger partial charge in [0.2, 0.25) is 10.0 Å². The molecule has 6 heteroatoms. The number of benzene rings is 2. The van der Waals surface area contributed by atoms with E-state index in [1.54, 1.807) is 32.0 Å². The van der Waals surface area contributed by atoms with Crippen molar-refractivity contribution in [2.75, 3.05) is 0 Å². The van der Waals surface area contributed by atoms with Crippen LogP contribution >= 0.6 is 0 Å². The Morgan fingerprint density at radius 3 is 1.95 bits per heavy atom. The zero-order valence-electron chi connectivity index (χ0n) is 11.9. The summed E-state index contributed by atoms with van der Waals surface area (Å²) in [4.78, 5) is 0.154. The van der Waals surface area contributed by atoms with Crippen molar-refractivity contribution >= 4 is 15.7 Å². The van der Waals surface area contributed by atoms with Crippen LogP contribution in [0.4, 0.5) is 0 Å². The summed E-state index contributed by atoms with van der Waals surface area (Å²) in [6.45, 7) is 3.44. The summed E-state index contributed by atoms with van der Waals surface area (Å²) in [6, 6.07) is 16.0. The molecule has 0 aliphatic carbocycles. The molecule has 0 fully saturated rings. The van der Waals surface area contributed by atoms with Gasteiger partial charge in [-0.2, -0.15) is 0 Å². The van der Waals surface area contributed by atoms with Gasteiger partial charge >= 0.3 is 0 Å². The number of primary sulfonamides is 1. The van der Waals surface area contributed by atoms with E-state index in [9.17, 15) is 8.42 Å². The van der Waals surface area contributed by atoms with Crippen molar-refractivity contribution in [3.8, 4) is 11.1 Å². The minimum absolute atomic E-state index is 0.154. The number of hydrogen-bond donors (Lipinski definition) is 2. The predicted octanol–water partition coefficient (Wildman–Crippen LogP) is 2.86. The van der Waals surface area contributed by atoms with Crippen LogP contribution in [0, 0.1) is 0 Å². The number of rotatable bonds is 2. The standard InChI is InChI=1S/C12H11NO2S.C3H7NO/c13-16(14,15)12-9-5-4-8-11(12)10-6-2-1-3-7-10;1-3(2)4-5/h1-9H,(H2,13,14,15);5H,1-2H3. The summed E-state index contributed by atoms with van der Waals surface area (Å²) in [6.07, 6.45) is 0. The maximum Gasteiger partial charge on any atom is 0.238 e. The van der Waals surface area contributed by atoms with Crippen LogP contribution < -0.4 is 5.14 Å². The quantitative estimate of drug-likeness (QED) is 0.507. The second-order valence-electron chi connectivity index (χ2n) is 4.45. The second kappa shape index (κ2) is 7.56. The lowest BCUT2D eigenvalue weighted by atomic mass is 10.1. The first-order valence-electron chi connectivity index (χ1n) is 6.18. The third kappa shape index (κ3) is 5.37. The molecule has 5 nitrogen and oxygen atoms in total. The largest absolute Gasteiger partial charge is 0.411 e. The molecule has 0 spiro atoms. The van der Waals surface area contributed by atoms with Gasteiger partial charge in [-0.15, -0.1) is 0 Å². The molecule has 3 N–H and O–H groups in total. The van der Waals surface area contributed by atoms with Crippen LogP contribution in [0.3, 0.4) is 0 Å². The molecule has 0 radical (unpaired) electrons. The van der Waals surface area contributed by atoms with Gasteiger partial charge in [0, 0.05) is 5.56 Å². The fourth-order valence-electron chi connectivity index (χ4n) is 1.57. The minimum atomic E-state index is -3.68. The van der Waals surface area contributed by atoms with Gasteiger partial charge in [0.05, 0.1) is 10.6 Å². The molecule has 0 aliphatic heterocycles. The van der Waals surface area contributed by atoms with Crippen LogP contribution in [-0.4, -0.2) is 19.3 Å². The SMILES string of the molecule is CC(C)=NO.NS(=O)(=O)c1ccccc1-c1ccccc1. The number of oxime groups is 1. The lowest BCUT2D eigenvalue weighted by Gasteiger charge is -2.07. The van der Waals surface area contributed by atoms with Crippen LogP contribution in [0.25, 0.3) is 11.1 Å². The molecule has 0 atom stereocenters. The van der Waals surface area contributed by atoms with Gasteiger partial charge in [0.1, 0.15) is 0 Å². The van der Waals surface area contributed by atoms with E-state index in [4.69, 9.17) is 10.3 Å². The molecular weight excluding hydrogens is 288 g/mol. The molecule has 0 unspecified atom stereocenters. The van der Waals surface area contributed by atoms with Gasteiger partial charge in [-0.3, -0.25) is 0 Å². The first-order valence-corrected chi connectivity index (χ1v) is 7.73. The highest BCUT2D eigenvalue weighted by Gasteiger charge is 2.13. The van der Waals surface area contributed by atoms with Crippen molar-refractivity contribution in [3.63, 3.8) is 0 Å². The molecule has 0 amide bonds. The van der Waals surface area contributed by atoms with Crippen LogP contribution in [0.15, 0.2) is 64.6 Å². The molecule has 0 saturated heterocycles. The van der Waals surface area contributed by atoms with Gasteiger partial charge in [-0.1, -0.05) is 53.7 Å². The highest BCUT2D eigenvalue weighted by Crippen LogP contribution is 2.25. The van der Waals surface area contributed by atoms with Gasteiger partial charge in [-0.05, 0) is 25.5 Å². The fraction of sp³-hybridized carbons (Fsp3) is 0.133. The fourth-order valence-corrected chi connectivity index (χ4v) is 2.33. The van der Waals surface area contributed by atoms with Gasteiger partial charge in [0.25, 0.3) is 0 Å². The predicted molar refractivity (Wildman–Crippen MR) is 83.8 cm³/mol. The van der Waals surface area contributed by atoms with Crippen molar-refractivity contribution in [1.82, 2.24) is 0 Å². The van der Waals surface area contributed by atoms with E-state index in [2.05, 4.69) is 5.16 Å². The van der Waals surface area contributed by atoms with Crippen molar-refractivity contribution in [3.05, 3.63) is 54.6 Å². The molecule has 2 aromatic carbocycles. The molecule has 0 heterocycles. The Kier molecular flexibility index (Phi) is 6.08. The third-order valence-electron chi connectivity index (χ3n) is 2.48. The maximum absolute atomic E-state index is 11.4. The number of nitrogens with two attached hydrogens (primary N) is 1. The van der Waals surface area contributed by atoms with Crippen LogP contribution in [0.2, 0.25) is 0 Å². The lowest BCUT2D eigenvalue weighted by Crippen LogP contribution is -2.13. The van der Waals surface area contributed by atoms with E-state index >= 15 is 0 Å². The van der Waals surface area contributed by atoms with Crippen LogP contribution in [0.5, 0.6) is 0 Å². The number of nitrogens with zero attached hydrogens (tertiary/aromatic N) is 1. The molecule has 0 aliphatic rings. The molecule has 2 aromatic rings. The first-order chi connectivity index (χ1) is 9.86. The number of sulfonamides is 1. The summed E-state index contributed by atoms with van der Waals surface area (Å²) in [5, 5.41) is 15.7. The Bertz CT molecular complexity index is 707. The summed E-state index contributed by atoms with van der Waals surface area (Å²) in [7, 11) is -3.68. The first kappa shape index (κ1) is 16.9. The normalized spacial score (nSPS) is 10.2. The molecule has 0 aromatic heterocycles. The van der Waals surface area contributed by atoms with E-state index in [0.717, 1.165) is 5.56 Å². The molecule has 2 rings (SSSR count). The summed E-state index contributed by atoms with van der Waals surface area (Å²) >= 11 is 0. The van der Waals surface area contributed by atoms with Crippen molar-refractivity contribution in [1.29, 1.82) is 0 Å². The Labute approximate surface area is 124 Å². The summed E-state index contributed by atoms with van der Waals surface area (Å²) in [5.41, 5.74) is 2.16. The Morgan fingerprint density at radius 2 is 1.48 bits per heavy atom. The van der Waals surface area contributed by atoms with Gasteiger partial charge in [0.15, 0.2) is 0 Å². The van der Waals surface area contributed by atoms with Crippen molar-refractivity contribution < 1.29 is 13.6 Å². The van der Waals surface area contributed by atoms with Crippen molar-refractivity contribution in [2.45, 2.75) is 18.7 Å². The molecule has 0 saturated carbocycles. The van der Waals surface area contributed by atoms with Gasteiger partial charge in [-0.25, -0.2) is 13.6 Å². The van der Waals surface area contributed by atoms with E-state index in [0.29, 0.717) is 11.3 Å². The monoisotopic (exact) mass is 306 g/mol. The average molecular weight is 306 g/mol. The Balaban J connectivity index is 0.000000383. The van der Waals surface area contributed by atoms with Crippen molar-refractivity contribution in [2.24, 2.45) is 10.3 Å². The van der Waals surface area contributed by atoms with E-state index in [1.807, 2.05) is 30.3 Å². The Hall–Kier alpha value is -2.18. The maximum atomic E-state index is 11.4. The molecular formula is C15H18N2O3S. The molecule has 0 bridgehead atoms. The topological polar surface area (TPSA) is 92.8 Å². The third-order valence-corrected chi connectivity index (χ3v) is 3.45. The van der Waals surface area contributed by atoms with E-state index in [-0.39, 0.29) is 4.90 Å². The highest BCUT2D eigenvalue weighted by molar-refractivity contribution is 7.89. The highest BCUT2D eigenvalue weighted by atomic mass is 32.2. The molecule has 112 valence electrons. The zero-order chi connectivity index (χ0) is 15.9. The Morgan fingerprint density at radius 1 is 1.00 bits per heavy atom. The lowest BCUT2D eigenvalue weighted by molar-refractivity contribution is 0.318. The average Bonchev–Trinajstić information content (AvgIpc) is 2.48. The minimum Gasteiger partial charge on any atom is -0.411 e. The summed E-state index contributed by atoms with van der Waals surface area (Å²) < 4.78 is 22.8. The second-order valence-corrected chi connectivity index (χ2v) is 5.98. The van der Waals surface area contributed by atoms with Crippen LogP contribution in [0.1, 0.15) is 13.8 Å². The summed E-state index contributed by atoms with van der Waals surface area (Å²) in [5.74, 6) is 0. The van der Waals surface area contributed by atoms with Crippen LogP contribution in [-0.2, 0) is 10.0 Å². The van der Waals surface area contributed by atoms with E-state index < -0.39 is 10.0 Å². The van der Waals surface area contributed by atoms with Gasteiger partial charge < -0.3 is 5.21 Å².